The molecule has 0 atom stereocenters. The number of aromatic nitrogens is 1. The van der Waals surface area contributed by atoms with Crippen LogP contribution in [-0.4, -0.2) is 36.7 Å². The molecule has 3 rings (SSSR count). The van der Waals surface area contributed by atoms with E-state index in [4.69, 9.17) is 5.73 Å². The number of carbonyl (C=O) groups excluding carboxylic acids is 1. The summed E-state index contributed by atoms with van der Waals surface area (Å²) in [6, 6.07) is 4.66. The summed E-state index contributed by atoms with van der Waals surface area (Å²) in [6.45, 7) is 1.00. The van der Waals surface area contributed by atoms with Gasteiger partial charge in [0.2, 0.25) is 10.0 Å². The zero-order valence-corrected chi connectivity index (χ0v) is 13.9. The summed E-state index contributed by atoms with van der Waals surface area (Å²) in [5, 5.41) is 4.26. The largest absolute Gasteiger partial charge is 0.384 e. The molecule has 0 radical (unpaired) electrons. The van der Waals surface area contributed by atoms with Crippen molar-refractivity contribution >= 4 is 38.8 Å². The molecule has 1 saturated heterocycles. The number of hydrogen-bond acceptors (Lipinski definition) is 6. The fourth-order valence-electron chi connectivity index (χ4n) is 2.40. The fourth-order valence-corrected chi connectivity index (χ4v) is 5.21. The molecule has 9 heteroatoms. The number of pyridine rings is 1. The van der Waals surface area contributed by atoms with Crippen LogP contribution in [0.3, 0.4) is 0 Å². The van der Waals surface area contributed by atoms with Crippen molar-refractivity contribution < 1.29 is 13.2 Å². The summed E-state index contributed by atoms with van der Waals surface area (Å²) in [7, 11) is -3.62. The van der Waals surface area contributed by atoms with Crippen LogP contribution in [0, 0.1) is 0 Å². The van der Waals surface area contributed by atoms with Gasteiger partial charge in [0.05, 0.1) is 11.9 Å². The summed E-state index contributed by atoms with van der Waals surface area (Å²) >= 11 is 1.10. The molecule has 1 fully saturated rings. The predicted molar refractivity (Wildman–Crippen MR) is 88.9 cm³/mol. The van der Waals surface area contributed by atoms with Gasteiger partial charge in [0, 0.05) is 13.1 Å². The lowest BCUT2D eigenvalue weighted by atomic mass is 10.3. The normalized spacial score (nSPS) is 15.7. The van der Waals surface area contributed by atoms with Crippen molar-refractivity contribution in [3.8, 4) is 0 Å². The number of rotatable bonds is 4. The van der Waals surface area contributed by atoms with Crippen molar-refractivity contribution in [1.82, 2.24) is 9.29 Å². The Hall–Kier alpha value is -1.97. The van der Waals surface area contributed by atoms with Gasteiger partial charge in [-0.3, -0.25) is 4.79 Å². The van der Waals surface area contributed by atoms with E-state index in [0.717, 1.165) is 24.2 Å². The van der Waals surface area contributed by atoms with Gasteiger partial charge < -0.3 is 11.1 Å². The van der Waals surface area contributed by atoms with Crippen LogP contribution in [-0.2, 0) is 10.0 Å². The number of amides is 1. The van der Waals surface area contributed by atoms with E-state index in [-0.39, 0.29) is 9.77 Å². The minimum absolute atomic E-state index is 0.0605. The van der Waals surface area contributed by atoms with Crippen molar-refractivity contribution in [2.24, 2.45) is 0 Å². The topological polar surface area (TPSA) is 105 Å². The first kappa shape index (κ1) is 15.9. The molecule has 23 heavy (non-hydrogen) atoms. The molecule has 1 amide bonds. The highest BCUT2D eigenvalue weighted by Crippen LogP contribution is 2.28. The smallest absolute Gasteiger partial charge is 0.267 e. The van der Waals surface area contributed by atoms with Gasteiger partial charge in [0.25, 0.3) is 5.91 Å². The van der Waals surface area contributed by atoms with Gasteiger partial charge in [-0.05, 0) is 36.4 Å². The van der Waals surface area contributed by atoms with E-state index in [2.05, 4.69) is 10.3 Å². The van der Waals surface area contributed by atoms with Crippen molar-refractivity contribution in [2.45, 2.75) is 17.7 Å². The van der Waals surface area contributed by atoms with Crippen molar-refractivity contribution in [1.29, 1.82) is 0 Å². The maximum atomic E-state index is 12.6. The molecular formula is C14H16N4O3S2. The molecule has 0 unspecified atom stereocenters. The SMILES string of the molecule is Nc1ccc(NC(=O)c2sccc2S(=O)(=O)N2CCCC2)cn1. The van der Waals surface area contributed by atoms with E-state index in [9.17, 15) is 13.2 Å². The molecule has 1 aliphatic rings. The van der Waals surface area contributed by atoms with E-state index in [0.29, 0.717) is 24.6 Å². The van der Waals surface area contributed by atoms with Crippen LogP contribution in [0.1, 0.15) is 22.5 Å². The van der Waals surface area contributed by atoms with Gasteiger partial charge in [-0.25, -0.2) is 13.4 Å². The molecule has 0 saturated carbocycles. The average Bonchev–Trinajstić information content (AvgIpc) is 3.21. The number of sulfonamides is 1. The second kappa shape index (κ2) is 6.26. The summed E-state index contributed by atoms with van der Waals surface area (Å²) in [6.07, 6.45) is 3.12. The molecule has 3 heterocycles. The van der Waals surface area contributed by atoms with E-state index in [1.54, 1.807) is 17.5 Å². The molecule has 0 aliphatic carbocycles. The first-order valence-corrected chi connectivity index (χ1v) is 9.41. The number of nitrogens with zero attached hydrogens (tertiary/aromatic N) is 2. The highest BCUT2D eigenvalue weighted by atomic mass is 32.2. The Labute approximate surface area is 138 Å². The minimum atomic E-state index is -3.62. The van der Waals surface area contributed by atoms with Crippen LogP contribution < -0.4 is 11.1 Å². The molecule has 0 spiro atoms. The summed E-state index contributed by atoms with van der Waals surface area (Å²) in [5.74, 6) is -0.124. The second-order valence-corrected chi connectivity index (χ2v) is 7.97. The number of nitrogens with one attached hydrogen (secondary N) is 1. The van der Waals surface area contributed by atoms with Gasteiger partial charge in [0.15, 0.2) is 0 Å². The standard InChI is InChI=1S/C14H16N4O3S2/c15-12-4-3-10(9-16-12)17-14(19)13-11(5-8-22-13)23(20,21)18-6-1-2-7-18/h3-5,8-9H,1-2,6-7H2,(H2,15,16)(H,17,19). The Balaban J connectivity index is 1.85. The van der Waals surface area contributed by atoms with Crippen LogP contribution in [0.5, 0.6) is 0 Å². The quantitative estimate of drug-likeness (QED) is 0.872. The predicted octanol–water partition coefficient (Wildman–Crippen LogP) is 1.76. The van der Waals surface area contributed by atoms with Gasteiger partial charge in [-0.1, -0.05) is 0 Å². The van der Waals surface area contributed by atoms with E-state index in [1.807, 2.05) is 0 Å². The molecule has 1 aliphatic heterocycles. The molecule has 2 aromatic rings. The Morgan fingerprint density at radius 1 is 1.26 bits per heavy atom. The number of thiophene rings is 1. The molecule has 0 aromatic carbocycles. The Morgan fingerprint density at radius 2 is 2.00 bits per heavy atom. The summed E-state index contributed by atoms with van der Waals surface area (Å²) in [4.78, 5) is 16.5. The van der Waals surface area contributed by atoms with Gasteiger partial charge in [-0.15, -0.1) is 11.3 Å². The average molecular weight is 352 g/mol. The van der Waals surface area contributed by atoms with Gasteiger partial charge >= 0.3 is 0 Å². The molecular weight excluding hydrogens is 336 g/mol. The molecule has 0 bridgehead atoms. The number of hydrogen-bond donors (Lipinski definition) is 2. The summed E-state index contributed by atoms with van der Waals surface area (Å²) in [5.41, 5.74) is 5.96. The van der Waals surface area contributed by atoms with E-state index >= 15 is 0 Å². The van der Waals surface area contributed by atoms with Crippen LogP contribution in [0.2, 0.25) is 0 Å². The second-order valence-electron chi connectivity index (χ2n) is 5.15. The van der Waals surface area contributed by atoms with Crippen molar-refractivity contribution in [3.63, 3.8) is 0 Å². The highest BCUT2D eigenvalue weighted by Gasteiger charge is 2.31. The third-order valence-electron chi connectivity index (χ3n) is 3.56. The number of nitrogen functional groups attached to an aromatic ring is 1. The van der Waals surface area contributed by atoms with Crippen LogP contribution in [0.25, 0.3) is 0 Å². The maximum absolute atomic E-state index is 12.6. The third-order valence-corrected chi connectivity index (χ3v) is 6.55. The molecule has 7 nitrogen and oxygen atoms in total. The number of nitrogens with two attached hydrogens (primary N) is 1. The van der Waals surface area contributed by atoms with Crippen LogP contribution in [0.4, 0.5) is 11.5 Å². The van der Waals surface area contributed by atoms with E-state index < -0.39 is 15.9 Å². The first-order valence-electron chi connectivity index (χ1n) is 7.09. The van der Waals surface area contributed by atoms with Crippen LogP contribution in [0.15, 0.2) is 34.7 Å². The maximum Gasteiger partial charge on any atom is 0.267 e. The third kappa shape index (κ3) is 3.21. The minimum Gasteiger partial charge on any atom is -0.384 e. The Morgan fingerprint density at radius 3 is 2.65 bits per heavy atom. The lowest BCUT2D eigenvalue weighted by molar-refractivity contribution is 0.102. The lowest BCUT2D eigenvalue weighted by Crippen LogP contribution is -2.29. The lowest BCUT2D eigenvalue weighted by Gasteiger charge is -2.15. The molecule has 122 valence electrons. The Kier molecular flexibility index (Phi) is 4.33. The Bertz CT molecular complexity index is 809. The number of anilines is 2. The molecule has 3 N–H and O–H groups in total. The highest BCUT2D eigenvalue weighted by molar-refractivity contribution is 7.89. The zero-order chi connectivity index (χ0) is 16.4. The monoisotopic (exact) mass is 352 g/mol. The van der Waals surface area contributed by atoms with Crippen molar-refractivity contribution in [2.75, 3.05) is 24.1 Å². The van der Waals surface area contributed by atoms with Gasteiger partial charge in [-0.2, -0.15) is 4.31 Å². The van der Waals surface area contributed by atoms with E-state index in [1.165, 1.54) is 16.6 Å². The fraction of sp³-hybridized carbons (Fsp3) is 0.286. The molecule has 2 aromatic heterocycles. The zero-order valence-electron chi connectivity index (χ0n) is 12.2. The van der Waals surface area contributed by atoms with Gasteiger partial charge in [0.1, 0.15) is 15.6 Å². The van der Waals surface area contributed by atoms with Crippen molar-refractivity contribution in [3.05, 3.63) is 34.7 Å². The number of carbonyl (C=O) groups is 1. The first-order chi connectivity index (χ1) is 11.0. The summed E-state index contributed by atoms with van der Waals surface area (Å²) < 4.78 is 26.7. The van der Waals surface area contributed by atoms with Crippen LogP contribution >= 0.6 is 11.3 Å².